The number of carbonyl (C=O) groups excluding carboxylic acids is 1. The molecule has 3 rings (SSSR count). The van der Waals surface area contributed by atoms with Crippen LogP contribution in [0.2, 0.25) is 0 Å². The van der Waals surface area contributed by atoms with Crippen molar-refractivity contribution in [3.63, 3.8) is 0 Å². The number of amides is 1. The molecular weight excluding hydrogens is 414 g/mol. The van der Waals surface area contributed by atoms with E-state index in [4.69, 9.17) is 4.74 Å². The molecule has 1 amide bonds. The Bertz CT molecular complexity index is 1040. The van der Waals surface area contributed by atoms with Crippen molar-refractivity contribution in [3.8, 4) is 5.75 Å². The van der Waals surface area contributed by atoms with Crippen LogP contribution in [0.15, 0.2) is 41.3 Å². The van der Waals surface area contributed by atoms with Crippen LogP contribution in [0.25, 0.3) is 0 Å². The Balaban J connectivity index is 1.73. The van der Waals surface area contributed by atoms with Gasteiger partial charge in [-0.25, -0.2) is 17.2 Å². The van der Waals surface area contributed by atoms with E-state index in [2.05, 4.69) is 5.32 Å². The molecule has 0 aliphatic carbocycles. The van der Waals surface area contributed by atoms with Gasteiger partial charge in [-0.2, -0.15) is 4.31 Å². The fraction of sp³-hybridized carbons (Fsp3) is 0.381. The van der Waals surface area contributed by atoms with Gasteiger partial charge in [-0.05, 0) is 62.6 Å². The molecule has 0 unspecified atom stereocenters. The maximum atomic E-state index is 13.4. The number of rotatable bonds is 6. The largest absolute Gasteiger partial charge is 0.494 e. The van der Waals surface area contributed by atoms with Gasteiger partial charge in [0.2, 0.25) is 15.9 Å². The molecule has 2 aromatic rings. The van der Waals surface area contributed by atoms with Crippen molar-refractivity contribution in [2.45, 2.75) is 31.6 Å². The van der Waals surface area contributed by atoms with E-state index in [1.54, 1.807) is 19.1 Å². The van der Waals surface area contributed by atoms with Crippen LogP contribution in [-0.2, 0) is 14.8 Å². The molecule has 6 nitrogen and oxygen atoms in total. The average Bonchev–Trinajstić information content (AvgIpc) is 2.72. The van der Waals surface area contributed by atoms with Crippen molar-refractivity contribution in [1.29, 1.82) is 0 Å². The molecule has 1 N–H and O–H groups in total. The number of hydrogen-bond donors (Lipinski definition) is 1. The SMILES string of the molecule is CCOc1ccc(S(=O)(=O)N2CCC[C@@H](C(=O)Nc3ccc(F)c(F)c3)C2)cc1C. The predicted octanol–water partition coefficient (Wildman–Crippen LogP) is 3.71. The van der Waals surface area contributed by atoms with E-state index in [0.29, 0.717) is 37.3 Å². The summed E-state index contributed by atoms with van der Waals surface area (Å²) in [6.07, 6.45) is 1.02. The molecule has 1 saturated heterocycles. The summed E-state index contributed by atoms with van der Waals surface area (Å²) in [6.45, 7) is 4.43. The molecule has 0 radical (unpaired) electrons. The topological polar surface area (TPSA) is 75.7 Å². The molecule has 0 aromatic heterocycles. The van der Waals surface area contributed by atoms with E-state index in [1.807, 2.05) is 6.92 Å². The Hall–Kier alpha value is -2.52. The highest BCUT2D eigenvalue weighted by Crippen LogP contribution is 2.28. The van der Waals surface area contributed by atoms with Crippen LogP contribution in [0.5, 0.6) is 5.75 Å². The number of aryl methyl sites for hydroxylation is 1. The quantitative estimate of drug-likeness (QED) is 0.746. The number of sulfonamides is 1. The van der Waals surface area contributed by atoms with Crippen LogP contribution in [0.1, 0.15) is 25.3 Å². The number of hydrogen-bond acceptors (Lipinski definition) is 4. The van der Waals surface area contributed by atoms with Crippen LogP contribution in [-0.4, -0.2) is 38.3 Å². The van der Waals surface area contributed by atoms with Gasteiger partial charge in [0.05, 0.1) is 17.4 Å². The summed E-state index contributed by atoms with van der Waals surface area (Å²) >= 11 is 0. The van der Waals surface area contributed by atoms with Crippen molar-refractivity contribution in [2.75, 3.05) is 25.0 Å². The van der Waals surface area contributed by atoms with E-state index in [-0.39, 0.29) is 17.1 Å². The zero-order chi connectivity index (χ0) is 21.9. The van der Waals surface area contributed by atoms with Crippen LogP contribution in [0.4, 0.5) is 14.5 Å². The first-order valence-corrected chi connectivity index (χ1v) is 11.2. The van der Waals surface area contributed by atoms with Gasteiger partial charge in [0, 0.05) is 24.8 Å². The second kappa shape index (κ2) is 9.09. The fourth-order valence-corrected chi connectivity index (χ4v) is 5.05. The first-order chi connectivity index (χ1) is 14.2. The minimum Gasteiger partial charge on any atom is -0.494 e. The van der Waals surface area contributed by atoms with Crippen molar-refractivity contribution in [2.24, 2.45) is 5.92 Å². The van der Waals surface area contributed by atoms with Gasteiger partial charge in [-0.3, -0.25) is 4.79 Å². The summed E-state index contributed by atoms with van der Waals surface area (Å²) in [6, 6.07) is 7.77. The number of nitrogens with one attached hydrogen (secondary N) is 1. The van der Waals surface area contributed by atoms with Crippen LogP contribution in [0.3, 0.4) is 0 Å². The second-order valence-corrected chi connectivity index (χ2v) is 9.12. The number of benzene rings is 2. The molecule has 2 aromatic carbocycles. The van der Waals surface area contributed by atoms with Gasteiger partial charge in [0.15, 0.2) is 11.6 Å². The molecule has 1 heterocycles. The first-order valence-electron chi connectivity index (χ1n) is 9.72. The minimum absolute atomic E-state index is 0.0180. The molecule has 0 spiro atoms. The number of anilines is 1. The van der Waals surface area contributed by atoms with Gasteiger partial charge < -0.3 is 10.1 Å². The maximum Gasteiger partial charge on any atom is 0.243 e. The number of halogens is 2. The number of ether oxygens (including phenoxy) is 1. The molecule has 162 valence electrons. The molecule has 1 atom stereocenters. The van der Waals surface area contributed by atoms with E-state index in [1.165, 1.54) is 16.4 Å². The lowest BCUT2D eigenvalue weighted by atomic mass is 9.98. The van der Waals surface area contributed by atoms with E-state index < -0.39 is 33.5 Å². The summed E-state index contributed by atoms with van der Waals surface area (Å²) in [4.78, 5) is 12.7. The average molecular weight is 438 g/mol. The Morgan fingerprint density at radius 2 is 1.97 bits per heavy atom. The van der Waals surface area contributed by atoms with Crippen molar-refractivity contribution >= 4 is 21.6 Å². The Labute approximate surface area is 174 Å². The predicted molar refractivity (Wildman–Crippen MR) is 109 cm³/mol. The summed E-state index contributed by atoms with van der Waals surface area (Å²) < 4.78 is 59.3. The van der Waals surface area contributed by atoms with Crippen LogP contribution < -0.4 is 10.1 Å². The Morgan fingerprint density at radius 1 is 1.20 bits per heavy atom. The van der Waals surface area contributed by atoms with Crippen LogP contribution >= 0.6 is 0 Å². The van der Waals surface area contributed by atoms with Crippen LogP contribution in [0, 0.1) is 24.5 Å². The molecule has 1 aliphatic rings. The highest BCUT2D eigenvalue weighted by molar-refractivity contribution is 7.89. The van der Waals surface area contributed by atoms with Gasteiger partial charge in [0.1, 0.15) is 5.75 Å². The highest BCUT2D eigenvalue weighted by atomic mass is 32.2. The number of carbonyl (C=O) groups is 1. The van der Waals surface area contributed by atoms with Gasteiger partial charge >= 0.3 is 0 Å². The normalized spacial score (nSPS) is 17.5. The van der Waals surface area contributed by atoms with E-state index in [0.717, 1.165) is 12.1 Å². The van der Waals surface area contributed by atoms with Crippen molar-refractivity contribution < 1.29 is 26.7 Å². The number of nitrogens with zero attached hydrogens (tertiary/aromatic N) is 1. The van der Waals surface area contributed by atoms with Gasteiger partial charge in [-0.15, -0.1) is 0 Å². The monoisotopic (exact) mass is 438 g/mol. The number of piperidine rings is 1. The third kappa shape index (κ3) is 4.79. The molecule has 0 bridgehead atoms. The molecule has 9 heteroatoms. The molecule has 1 fully saturated rings. The smallest absolute Gasteiger partial charge is 0.243 e. The van der Waals surface area contributed by atoms with Crippen molar-refractivity contribution in [3.05, 3.63) is 53.6 Å². The molecule has 1 aliphatic heterocycles. The van der Waals surface area contributed by atoms with Crippen molar-refractivity contribution in [1.82, 2.24) is 4.31 Å². The van der Waals surface area contributed by atoms with E-state index >= 15 is 0 Å². The lowest BCUT2D eigenvalue weighted by Gasteiger charge is -2.31. The van der Waals surface area contributed by atoms with Gasteiger partial charge in [-0.1, -0.05) is 0 Å². The van der Waals surface area contributed by atoms with Gasteiger partial charge in [0.25, 0.3) is 0 Å². The summed E-state index contributed by atoms with van der Waals surface area (Å²) in [5.41, 5.74) is 0.837. The fourth-order valence-electron chi connectivity index (χ4n) is 3.44. The zero-order valence-electron chi connectivity index (χ0n) is 16.8. The lowest BCUT2D eigenvalue weighted by molar-refractivity contribution is -0.120. The first kappa shape index (κ1) is 22.2. The molecular formula is C21H24F2N2O4S. The summed E-state index contributed by atoms with van der Waals surface area (Å²) in [7, 11) is -3.78. The third-order valence-corrected chi connectivity index (χ3v) is 6.89. The second-order valence-electron chi connectivity index (χ2n) is 7.18. The Morgan fingerprint density at radius 3 is 2.63 bits per heavy atom. The zero-order valence-corrected chi connectivity index (χ0v) is 17.6. The lowest BCUT2D eigenvalue weighted by Crippen LogP contribution is -2.43. The molecule has 0 saturated carbocycles. The van der Waals surface area contributed by atoms with E-state index in [9.17, 15) is 22.0 Å². The maximum absolute atomic E-state index is 13.4. The standard InChI is InChI=1S/C21H24F2N2O4S/c1-3-29-20-9-7-17(11-14(20)2)30(27,28)25-10-4-5-15(13-25)21(26)24-16-6-8-18(22)19(23)12-16/h6-9,11-12,15H,3-5,10,13H2,1-2H3,(H,24,26)/t15-/m1/s1. The highest BCUT2D eigenvalue weighted by Gasteiger charge is 2.33. The summed E-state index contributed by atoms with van der Waals surface area (Å²) in [5.74, 6) is -2.46. The minimum atomic E-state index is -3.78. The third-order valence-electron chi connectivity index (χ3n) is 5.03. The Kier molecular flexibility index (Phi) is 6.72. The molecule has 30 heavy (non-hydrogen) atoms. The summed E-state index contributed by atoms with van der Waals surface area (Å²) in [5, 5.41) is 2.54.